The van der Waals surface area contributed by atoms with Crippen LogP contribution in [0.15, 0.2) is 12.2 Å². The second-order valence-electron chi connectivity index (χ2n) is 4.88. The molecule has 0 fully saturated rings. The minimum absolute atomic E-state index is 0.00195. The Morgan fingerprint density at radius 3 is 2.53 bits per heavy atom. The van der Waals surface area contributed by atoms with Gasteiger partial charge in [0.15, 0.2) is 0 Å². The summed E-state index contributed by atoms with van der Waals surface area (Å²) in [7, 11) is 0. The van der Waals surface area contributed by atoms with Gasteiger partial charge in [-0.25, -0.2) is 0 Å². The van der Waals surface area contributed by atoms with E-state index in [1.165, 1.54) is 25.7 Å². The van der Waals surface area contributed by atoms with Crippen molar-refractivity contribution in [2.24, 2.45) is 0 Å². The van der Waals surface area contributed by atoms with Crippen LogP contribution >= 0.6 is 0 Å². The molecule has 0 aromatic carbocycles. The summed E-state index contributed by atoms with van der Waals surface area (Å²) >= 11 is 0. The SMILES string of the molecule is CCC1CCCCC/C=C\CCCCC(=O)O1. The zero-order chi connectivity index (χ0) is 12.3. The first-order chi connectivity index (χ1) is 8.33. The van der Waals surface area contributed by atoms with Crippen LogP contribution in [0.3, 0.4) is 0 Å². The molecule has 0 bridgehead atoms. The third-order valence-corrected chi connectivity index (χ3v) is 3.32. The fraction of sp³-hybridized carbons (Fsp3) is 0.800. The van der Waals surface area contributed by atoms with Crippen molar-refractivity contribution in [3.63, 3.8) is 0 Å². The van der Waals surface area contributed by atoms with Crippen molar-refractivity contribution in [2.75, 3.05) is 0 Å². The molecule has 0 aliphatic carbocycles. The lowest BCUT2D eigenvalue weighted by Crippen LogP contribution is -2.17. The third kappa shape index (κ3) is 7.19. The highest BCUT2D eigenvalue weighted by Gasteiger charge is 2.11. The van der Waals surface area contributed by atoms with E-state index in [2.05, 4.69) is 19.1 Å². The van der Waals surface area contributed by atoms with E-state index in [1.807, 2.05) is 0 Å². The van der Waals surface area contributed by atoms with E-state index in [0.717, 1.165) is 32.1 Å². The maximum atomic E-state index is 11.6. The van der Waals surface area contributed by atoms with Crippen molar-refractivity contribution in [1.82, 2.24) is 0 Å². The molecule has 0 saturated heterocycles. The van der Waals surface area contributed by atoms with E-state index in [4.69, 9.17) is 4.74 Å². The molecule has 1 unspecified atom stereocenters. The molecule has 0 N–H and O–H groups in total. The lowest BCUT2D eigenvalue weighted by atomic mass is 10.1. The molecule has 0 saturated carbocycles. The van der Waals surface area contributed by atoms with Gasteiger partial charge in [0.25, 0.3) is 0 Å². The second-order valence-corrected chi connectivity index (χ2v) is 4.88. The Kier molecular flexibility index (Phi) is 7.78. The minimum atomic E-state index is -0.00195. The number of allylic oxidation sites excluding steroid dienone is 2. The zero-order valence-electron chi connectivity index (χ0n) is 11.1. The Labute approximate surface area is 105 Å². The quantitative estimate of drug-likeness (QED) is 0.500. The van der Waals surface area contributed by atoms with Gasteiger partial charge >= 0.3 is 5.97 Å². The van der Waals surface area contributed by atoms with Crippen molar-refractivity contribution < 1.29 is 9.53 Å². The van der Waals surface area contributed by atoms with Gasteiger partial charge in [-0.2, -0.15) is 0 Å². The predicted octanol–water partition coefficient (Wildman–Crippen LogP) is 4.39. The van der Waals surface area contributed by atoms with Crippen LogP contribution in [0.1, 0.15) is 71.1 Å². The lowest BCUT2D eigenvalue weighted by Gasteiger charge is -2.16. The Morgan fingerprint density at radius 1 is 1.12 bits per heavy atom. The maximum Gasteiger partial charge on any atom is 0.306 e. The van der Waals surface area contributed by atoms with Gasteiger partial charge in [0.05, 0.1) is 0 Å². The van der Waals surface area contributed by atoms with Crippen LogP contribution in [0, 0.1) is 0 Å². The van der Waals surface area contributed by atoms with Crippen LogP contribution in [0.2, 0.25) is 0 Å². The van der Waals surface area contributed by atoms with E-state index < -0.39 is 0 Å². The van der Waals surface area contributed by atoms with Gasteiger partial charge in [-0.05, 0) is 51.4 Å². The molecule has 1 atom stereocenters. The van der Waals surface area contributed by atoms with Gasteiger partial charge in [-0.15, -0.1) is 0 Å². The Bertz CT molecular complexity index is 233. The summed E-state index contributed by atoms with van der Waals surface area (Å²) < 4.78 is 5.49. The molecule has 0 aromatic heterocycles. The number of rotatable bonds is 1. The topological polar surface area (TPSA) is 26.3 Å². The molecule has 0 spiro atoms. The zero-order valence-corrected chi connectivity index (χ0v) is 11.1. The third-order valence-electron chi connectivity index (χ3n) is 3.32. The highest BCUT2D eigenvalue weighted by atomic mass is 16.5. The summed E-state index contributed by atoms with van der Waals surface area (Å²) in [6.45, 7) is 2.10. The van der Waals surface area contributed by atoms with E-state index in [1.54, 1.807) is 0 Å². The first kappa shape index (κ1) is 14.3. The average molecular weight is 238 g/mol. The molecule has 1 aliphatic heterocycles. The van der Waals surface area contributed by atoms with Crippen molar-refractivity contribution in [3.05, 3.63) is 12.2 Å². The summed E-state index contributed by atoms with van der Waals surface area (Å²) in [4.78, 5) is 11.6. The first-order valence-corrected chi connectivity index (χ1v) is 7.17. The van der Waals surface area contributed by atoms with Crippen molar-refractivity contribution in [2.45, 2.75) is 77.2 Å². The summed E-state index contributed by atoms with van der Waals surface area (Å²) in [5, 5.41) is 0. The van der Waals surface area contributed by atoms with Crippen LogP contribution in [0.5, 0.6) is 0 Å². The van der Waals surface area contributed by atoms with E-state index in [9.17, 15) is 4.79 Å². The first-order valence-electron chi connectivity index (χ1n) is 7.17. The van der Waals surface area contributed by atoms with Crippen LogP contribution in [-0.4, -0.2) is 12.1 Å². The second kappa shape index (κ2) is 9.26. The molecule has 98 valence electrons. The highest BCUT2D eigenvalue weighted by Crippen LogP contribution is 2.14. The summed E-state index contributed by atoms with van der Waals surface area (Å²) in [6, 6.07) is 0. The van der Waals surface area contributed by atoms with Gasteiger partial charge < -0.3 is 4.74 Å². The summed E-state index contributed by atoms with van der Waals surface area (Å²) in [5.74, 6) is -0.00195. The largest absolute Gasteiger partial charge is 0.462 e. The number of carbonyl (C=O) groups is 1. The number of hydrogen-bond donors (Lipinski definition) is 0. The van der Waals surface area contributed by atoms with Crippen molar-refractivity contribution in [1.29, 1.82) is 0 Å². The van der Waals surface area contributed by atoms with Crippen LogP contribution in [0.4, 0.5) is 0 Å². The van der Waals surface area contributed by atoms with E-state index in [0.29, 0.717) is 6.42 Å². The summed E-state index contributed by atoms with van der Waals surface area (Å²) in [5.41, 5.74) is 0. The number of hydrogen-bond acceptors (Lipinski definition) is 2. The maximum absolute atomic E-state index is 11.6. The molecule has 17 heavy (non-hydrogen) atoms. The molecule has 2 nitrogen and oxygen atoms in total. The fourth-order valence-electron chi connectivity index (χ4n) is 2.17. The molecule has 0 amide bonds. The van der Waals surface area contributed by atoms with Crippen molar-refractivity contribution in [3.8, 4) is 0 Å². The molecule has 1 heterocycles. The standard InChI is InChI=1S/C15H26O2/c1-2-14-12-10-8-6-4-3-5-7-9-11-13-15(16)17-14/h3,5,14H,2,4,6-13H2,1H3/b5-3-. The lowest BCUT2D eigenvalue weighted by molar-refractivity contribution is -0.149. The molecular weight excluding hydrogens is 212 g/mol. The van der Waals surface area contributed by atoms with Crippen LogP contribution in [-0.2, 0) is 9.53 Å². The minimum Gasteiger partial charge on any atom is -0.462 e. The Balaban J connectivity index is 2.37. The van der Waals surface area contributed by atoms with E-state index >= 15 is 0 Å². The molecule has 1 rings (SSSR count). The average Bonchev–Trinajstić information content (AvgIpc) is 2.33. The molecule has 0 aromatic rings. The fourth-order valence-corrected chi connectivity index (χ4v) is 2.17. The summed E-state index contributed by atoms with van der Waals surface area (Å²) in [6.07, 6.45) is 15.3. The van der Waals surface area contributed by atoms with Crippen LogP contribution < -0.4 is 0 Å². The number of ether oxygens (including phenoxy) is 1. The normalized spacial score (nSPS) is 26.9. The van der Waals surface area contributed by atoms with Gasteiger partial charge in [-0.3, -0.25) is 4.79 Å². The van der Waals surface area contributed by atoms with E-state index in [-0.39, 0.29) is 12.1 Å². The number of esters is 1. The predicted molar refractivity (Wildman–Crippen MR) is 70.9 cm³/mol. The van der Waals surface area contributed by atoms with Gasteiger partial charge in [0.2, 0.25) is 0 Å². The van der Waals surface area contributed by atoms with Gasteiger partial charge in [0, 0.05) is 6.42 Å². The van der Waals surface area contributed by atoms with Crippen molar-refractivity contribution >= 4 is 5.97 Å². The molecule has 1 aliphatic rings. The monoisotopic (exact) mass is 238 g/mol. The molecule has 0 radical (unpaired) electrons. The highest BCUT2D eigenvalue weighted by molar-refractivity contribution is 5.69. The van der Waals surface area contributed by atoms with Gasteiger partial charge in [-0.1, -0.05) is 25.5 Å². The molecule has 2 heteroatoms. The van der Waals surface area contributed by atoms with Gasteiger partial charge in [0.1, 0.15) is 6.10 Å². The molecular formula is C15H26O2. The number of cyclic esters (lactones) is 1. The Morgan fingerprint density at radius 2 is 1.82 bits per heavy atom. The smallest absolute Gasteiger partial charge is 0.306 e. The number of carbonyl (C=O) groups excluding carboxylic acids is 1. The Hall–Kier alpha value is -0.790. The van der Waals surface area contributed by atoms with Crippen LogP contribution in [0.25, 0.3) is 0 Å².